The average molecular weight is 414 g/mol. The second-order valence-corrected chi connectivity index (χ2v) is 8.71. The van der Waals surface area contributed by atoms with Crippen LogP contribution in [0.25, 0.3) is 22.3 Å². The zero-order valence-electron chi connectivity index (χ0n) is 14.9. The van der Waals surface area contributed by atoms with Gasteiger partial charge in [-0.1, -0.05) is 54.1 Å². The Labute approximate surface area is 166 Å². The van der Waals surface area contributed by atoms with Crippen molar-refractivity contribution in [2.45, 2.75) is 11.7 Å². The molecule has 0 radical (unpaired) electrons. The number of halogens is 1. The van der Waals surface area contributed by atoms with Crippen LogP contribution in [0.3, 0.4) is 0 Å². The molecule has 2 aromatic carbocycles. The number of nitrogen functional groups attached to an aromatic ring is 1. The zero-order chi connectivity index (χ0) is 19.9. The fourth-order valence-corrected chi connectivity index (χ4v) is 3.62. The Morgan fingerprint density at radius 3 is 2.50 bits per heavy atom. The van der Waals surface area contributed by atoms with Crippen LogP contribution in [0.4, 0.5) is 5.82 Å². The Bertz CT molecular complexity index is 1290. The molecule has 0 saturated carbocycles. The SMILES string of the molecule is CS(=O)(=O)c1nc(-c2cccc(Cl)c2)c2c(N)n(Cc3ccccc3)nc2n1. The van der Waals surface area contributed by atoms with Gasteiger partial charge < -0.3 is 5.73 Å². The number of fused-ring (bicyclic) bond motifs is 1. The summed E-state index contributed by atoms with van der Waals surface area (Å²) in [5, 5.41) is 5.12. The second kappa shape index (κ2) is 6.88. The van der Waals surface area contributed by atoms with Crippen LogP contribution >= 0.6 is 11.6 Å². The van der Waals surface area contributed by atoms with Crippen molar-refractivity contribution in [3.63, 3.8) is 0 Å². The molecule has 2 heterocycles. The van der Waals surface area contributed by atoms with Gasteiger partial charge in [-0.25, -0.2) is 18.1 Å². The summed E-state index contributed by atoms with van der Waals surface area (Å²) in [4.78, 5) is 8.41. The van der Waals surface area contributed by atoms with Gasteiger partial charge in [-0.2, -0.15) is 4.98 Å². The van der Waals surface area contributed by atoms with E-state index in [2.05, 4.69) is 15.1 Å². The van der Waals surface area contributed by atoms with Gasteiger partial charge in [0.1, 0.15) is 5.82 Å². The summed E-state index contributed by atoms with van der Waals surface area (Å²) < 4.78 is 25.8. The molecule has 7 nitrogen and oxygen atoms in total. The van der Waals surface area contributed by atoms with Crippen molar-refractivity contribution >= 4 is 38.3 Å². The molecule has 4 rings (SSSR count). The lowest BCUT2D eigenvalue weighted by molar-refractivity contribution is 0.593. The Hall–Kier alpha value is -2.97. The maximum absolute atomic E-state index is 12.1. The molecule has 0 aliphatic heterocycles. The van der Waals surface area contributed by atoms with Crippen LogP contribution in [0.15, 0.2) is 59.8 Å². The topological polar surface area (TPSA) is 104 Å². The minimum Gasteiger partial charge on any atom is -0.383 e. The molecule has 0 unspecified atom stereocenters. The summed E-state index contributed by atoms with van der Waals surface area (Å²) in [7, 11) is -3.64. The number of nitrogens with two attached hydrogens (primary N) is 1. The molecule has 0 saturated heterocycles. The third-order valence-corrected chi connectivity index (χ3v) is 5.30. The van der Waals surface area contributed by atoms with E-state index < -0.39 is 9.84 Å². The molecular formula is C19H16ClN5O2S. The summed E-state index contributed by atoms with van der Waals surface area (Å²) in [6, 6.07) is 16.7. The summed E-state index contributed by atoms with van der Waals surface area (Å²) in [6.07, 6.45) is 1.06. The number of nitrogens with zero attached hydrogens (tertiary/aromatic N) is 4. The summed E-state index contributed by atoms with van der Waals surface area (Å²) in [5.74, 6) is 0.355. The van der Waals surface area contributed by atoms with Crippen molar-refractivity contribution in [2.24, 2.45) is 0 Å². The molecular weight excluding hydrogens is 398 g/mol. The van der Waals surface area contributed by atoms with Crippen LogP contribution < -0.4 is 5.73 Å². The summed E-state index contributed by atoms with van der Waals surface area (Å²) in [5.41, 5.74) is 8.60. The molecule has 28 heavy (non-hydrogen) atoms. The Morgan fingerprint density at radius 2 is 1.82 bits per heavy atom. The Kier molecular flexibility index (Phi) is 4.52. The molecule has 2 N–H and O–H groups in total. The number of hydrogen-bond acceptors (Lipinski definition) is 6. The minimum atomic E-state index is -3.64. The zero-order valence-corrected chi connectivity index (χ0v) is 16.4. The standard InChI is InChI=1S/C19H16ClN5O2S/c1-28(26,27)19-22-16(13-8-5-9-14(20)10-13)15-17(21)25(24-18(15)23-19)11-12-6-3-2-4-7-12/h2-10H,11,21H2,1H3. The largest absolute Gasteiger partial charge is 0.383 e. The smallest absolute Gasteiger partial charge is 0.249 e. The van der Waals surface area contributed by atoms with E-state index in [1.165, 1.54) is 0 Å². The van der Waals surface area contributed by atoms with Crippen LogP contribution in [-0.4, -0.2) is 34.4 Å². The van der Waals surface area contributed by atoms with E-state index in [1.807, 2.05) is 30.3 Å². The number of aromatic nitrogens is 4. The third-order valence-electron chi connectivity index (χ3n) is 4.22. The van der Waals surface area contributed by atoms with Gasteiger partial charge in [0.2, 0.25) is 15.0 Å². The molecule has 0 atom stereocenters. The van der Waals surface area contributed by atoms with Crippen molar-refractivity contribution in [1.82, 2.24) is 19.7 Å². The third kappa shape index (κ3) is 3.44. The van der Waals surface area contributed by atoms with E-state index in [0.29, 0.717) is 34.0 Å². The van der Waals surface area contributed by atoms with Crippen molar-refractivity contribution < 1.29 is 8.42 Å². The van der Waals surface area contributed by atoms with Gasteiger partial charge in [0.25, 0.3) is 0 Å². The van der Waals surface area contributed by atoms with Gasteiger partial charge in [0, 0.05) is 16.8 Å². The molecule has 142 valence electrons. The van der Waals surface area contributed by atoms with Crippen LogP contribution in [0.5, 0.6) is 0 Å². The molecule has 2 aromatic heterocycles. The maximum Gasteiger partial charge on any atom is 0.249 e. The van der Waals surface area contributed by atoms with Crippen LogP contribution in [-0.2, 0) is 16.4 Å². The molecule has 0 aliphatic carbocycles. The van der Waals surface area contributed by atoms with Gasteiger partial charge >= 0.3 is 0 Å². The van der Waals surface area contributed by atoms with Crippen molar-refractivity contribution in [3.05, 3.63) is 65.2 Å². The molecule has 9 heteroatoms. The highest BCUT2D eigenvalue weighted by Crippen LogP contribution is 2.32. The molecule has 0 amide bonds. The van der Waals surface area contributed by atoms with Crippen molar-refractivity contribution in [3.8, 4) is 11.3 Å². The number of hydrogen-bond donors (Lipinski definition) is 1. The van der Waals surface area contributed by atoms with Crippen LogP contribution in [0.2, 0.25) is 5.02 Å². The molecule has 0 bridgehead atoms. The lowest BCUT2D eigenvalue weighted by Crippen LogP contribution is -2.06. The summed E-state index contributed by atoms with van der Waals surface area (Å²) in [6.45, 7) is 0.423. The fourth-order valence-electron chi connectivity index (χ4n) is 2.92. The highest BCUT2D eigenvalue weighted by atomic mass is 35.5. The Morgan fingerprint density at radius 1 is 1.07 bits per heavy atom. The number of rotatable bonds is 4. The highest BCUT2D eigenvalue weighted by molar-refractivity contribution is 7.90. The van der Waals surface area contributed by atoms with Gasteiger partial charge in [-0.3, -0.25) is 0 Å². The highest BCUT2D eigenvalue weighted by Gasteiger charge is 2.22. The van der Waals surface area contributed by atoms with E-state index in [0.717, 1.165) is 11.8 Å². The van der Waals surface area contributed by atoms with Crippen molar-refractivity contribution in [1.29, 1.82) is 0 Å². The van der Waals surface area contributed by atoms with Crippen molar-refractivity contribution in [2.75, 3.05) is 12.0 Å². The number of sulfone groups is 1. The first kappa shape index (κ1) is 18.4. The average Bonchev–Trinajstić information content (AvgIpc) is 2.97. The number of anilines is 1. The quantitative estimate of drug-likeness (QED) is 0.515. The van der Waals surface area contributed by atoms with E-state index in [9.17, 15) is 8.42 Å². The van der Waals surface area contributed by atoms with E-state index in [4.69, 9.17) is 17.3 Å². The predicted molar refractivity (Wildman–Crippen MR) is 109 cm³/mol. The molecule has 0 fully saturated rings. The monoisotopic (exact) mass is 413 g/mol. The lowest BCUT2D eigenvalue weighted by Gasteiger charge is -2.07. The van der Waals surface area contributed by atoms with Crippen LogP contribution in [0, 0.1) is 0 Å². The van der Waals surface area contributed by atoms with E-state index in [1.54, 1.807) is 28.9 Å². The molecule has 4 aromatic rings. The minimum absolute atomic E-state index is 0.221. The number of benzene rings is 2. The fraction of sp³-hybridized carbons (Fsp3) is 0.105. The molecule has 0 spiro atoms. The first-order chi connectivity index (χ1) is 13.3. The second-order valence-electron chi connectivity index (χ2n) is 6.36. The maximum atomic E-state index is 12.1. The predicted octanol–water partition coefficient (Wildman–Crippen LogP) is 3.18. The van der Waals surface area contributed by atoms with E-state index >= 15 is 0 Å². The first-order valence-corrected chi connectivity index (χ1v) is 10.6. The van der Waals surface area contributed by atoms with Crippen LogP contribution in [0.1, 0.15) is 5.56 Å². The van der Waals surface area contributed by atoms with Gasteiger partial charge in [0.05, 0.1) is 17.6 Å². The lowest BCUT2D eigenvalue weighted by atomic mass is 10.1. The van der Waals surface area contributed by atoms with Gasteiger partial charge in [0.15, 0.2) is 5.65 Å². The first-order valence-electron chi connectivity index (χ1n) is 8.37. The normalized spacial score (nSPS) is 11.8. The molecule has 0 aliphatic rings. The summed E-state index contributed by atoms with van der Waals surface area (Å²) >= 11 is 6.11. The van der Waals surface area contributed by atoms with Gasteiger partial charge in [-0.05, 0) is 17.7 Å². The van der Waals surface area contributed by atoms with Gasteiger partial charge in [-0.15, -0.1) is 5.10 Å². The van der Waals surface area contributed by atoms with E-state index in [-0.39, 0.29) is 10.8 Å². The Balaban J connectivity index is 1.98.